The number of nitrogens with zero attached hydrogens (tertiary/aromatic N) is 1. The van der Waals surface area contributed by atoms with Gasteiger partial charge in [0.05, 0.1) is 38.6 Å². The number of methoxy groups -OCH3 is 3. The molecule has 0 saturated carbocycles. The number of rotatable bonds is 6. The van der Waals surface area contributed by atoms with Gasteiger partial charge in [-0.3, -0.25) is 0 Å². The van der Waals surface area contributed by atoms with E-state index >= 15 is 0 Å². The fourth-order valence-corrected chi connectivity index (χ4v) is 2.21. The molecular weight excluding hydrogens is 299 g/mol. The summed E-state index contributed by atoms with van der Waals surface area (Å²) in [6.07, 6.45) is 0. The second-order valence-corrected chi connectivity index (χ2v) is 4.65. The van der Waals surface area contributed by atoms with Gasteiger partial charge in [-0.1, -0.05) is 0 Å². The molecule has 0 unspecified atom stereocenters. The number of nitriles is 1. The average Bonchev–Trinajstić information content (AvgIpc) is 2.59. The Bertz CT molecular complexity index is 741. The van der Waals surface area contributed by atoms with Crippen LogP contribution in [0.2, 0.25) is 0 Å². The van der Waals surface area contributed by atoms with Crippen LogP contribution in [0.15, 0.2) is 30.3 Å². The van der Waals surface area contributed by atoms with Crippen molar-refractivity contribution in [2.45, 2.75) is 6.54 Å². The first-order valence-corrected chi connectivity index (χ1v) is 6.86. The van der Waals surface area contributed by atoms with E-state index in [0.29, 0.717) is 34.1 Å². The molecule has 0 radical (unpaired) electrons. The van der Waals surface area contributed by atoms with E-state index in [1.807, 2.05) is 6.07 Å². The molecule has 0 aliphatic heterocycles. The van der Waals surface area contributed by atoms with Gasteiger partial charge in [0.1, 0.15) is 5.82 Å². The van der Waals surface area contributed by atoms with Crippen molar-refractivity contribution < 1.29 is 18.6 Å². The van der Waals surface area contributed by atoms with E-state index in [-0.39, 0.29) is 12.4 Å². The maximum atomic E-state index is 13.8. The molecule has 23 heavy (non-hydrogen) atoms. The molecule has 5 nitrogen and oxygen atoms in total. The summed E-state index contributed by atoms with van der Waals surface area (Å²) >= 11 is 0. The monoisotopic (exact) mass is 316 g/mol. The van der Waals surface area contributed by atoms with Gasteiger partial charge in [-0.2, -0.15) is 5.26 Å². The van der Waals surface area contributed by atoms with Crippen molar-refractivity contribution in [3.63, 3.8) is 0 Å². The predicted octanol–water partition coefficient (Wildman–Crippen LogP) is 3.34. The SMILES string of the molecule is COc1ccc(NCc2cc(C#N)ccc2F)c(OC)c1OC. The van der Waals surface area contributed by atoms with Crippen molar-refractivity contribution >= 4 is 5.69 Å². The third kappa shape index (κ3) is 3.46. The van der Waals surface area contributed by atoms with Gasteiger partial charge in [0.25, 0.3) is 0 Å². The summed E-state index contributed by atoms with van der Waals surface area (Å²) in [5.41, 5.74) is 1.43. The van der Waals surface area contributed by atoms with Crippen LogP contribution in [0.1, 0.15) is 11.1 Å². The van der Waals surface area contributed by atoms with Crippen LogP contribution >= 0.6 is 0 Å². The number of halogens is 1. The molecule has 0 saturated heterocycles. The summed E-state index contributed by atoms with van der Waals surface area (Å²) in [6.45, 7) is 0.202. The number of anilines is 1. The molecule has 0 aromatic heterocycles. The lowest BCUT2D eigenvalue weighted by atomic mass is 10.1. The molecule has 120 valence electrons. The van der Waals surface area contributed by atoms with E-state index in [4.69, 9.17) is 19.5 Å². The molecule has 2 rings (SSSR count). The van der Waals surface area contributed by atoms with Crippen molar-refractivity contribution in [3.8, 4) is 23.3 Å². The molecule has 6 heteroatoms. The lowest BCUT2D eigenvalue weighted by Gasteiger charge is -2.17. The molecule has 0 heterocycles. The molecule has 0 aliphatic rings. The summed E-state index contributed by atoms with van der Waals surface area (Å²) in [5.74, 6) is 1.07. The Morgan fingerprint density at radius 3 is 2.39 bits per heavy atom. The highest BCUT2D eigenvalue weighted by atomic mass is 19.1. The van der Waals surface area contributed by atoms with Crippen LogP contribution in [0, 0.1) is 17.1 Å². The Hall–Kier alpha value is -2.94. The molecule has 0 bridgehead atoms. The first-order chi connectivity index (χ1) is 11.1. The second-order valence-electron chi connectivity index (χ2n) is 4.65. The summed E-state index contributed by atoms with van der Waals surface area (Å²) in [5, 5.41) is 12.0. The lowest BCUT2D eigenvalue weighted by Crippen LogP contribution is -2.05. The van der Waals surface area contributed by atoms with E-state index in [2.05, 4.69) is 5.32 Å². The largest absolute Gasteiger partial charge is 0.493 e. The van der Waals surface area contributed by atoms with Crippen LogP contribution in [0.25, 0.3) is 0 Å². The third-order valence-corrected chi connectivity index (χ3v) is 3.35. The molecule has 1 N–H and O–H groups in total. The highest BCUT2D eigenvalue weighted by Gasteiger charge is 2.16. The second kappa shape index (κ2) is 7.36. The van der Waals surface area contributed by atoms with E-state index in [0.717, 1.165) is 0 Å². The lowest BCUT2D eigenvalue weighted by molar-refractivity contribution is 0.325. The average molecular weight is 316 g/mol. The van der Waals surface area contributed by atoms with Gasteiger partial charge in [0.15, 0.2) is 11.5 Å². The van der Waals surface area contributed by atoms with Gasteiger partial charge in [-0.15, -0.1) is 0 Å². The van der Waals surface area contributed by atoms with Crippen LogP contribution in [-0.2, 0) is 6.54 Å². The Labute approximate surface area is 134 Å². The number of hydrogen-bond donors (Lipinski definition) is 1. The maximum Gasteiger partial charge on any atom is 0.205 e. The first-order valence-electron chi connectivity index (χ1n) is 6.86. The maximum absolute atomic E-state index is 13.8. The summed E-state index contributed by atoms with van der Waals surface area (Å²) < 4.78 is 29.7. The standard InChI is InChI=1S/C17H17FN2O3/c1-21-15-7-6-14(16(22-2)17(15)23-3)20-10-12-8-11(9-19)4-5-13(12)18/h4-8,20H,10H2,1-3H3. The van der Waals surface area contributed by atoms with Gasteiger partial charge in [0, 0.05) is 12.1 Å². The highest BCUT2D eigenvalue weighted by Crippen LogP contribution is 2.42. The summed E-state index contributed by atoms with van der Waals surface area (Å²) in [7, 11) is 4.56. The topological polar surface area (TPSA) is 63.5 Å². The molecule has 0 spiro atoms. The van der Waals surface area contributed by atoms with Crippen molar-refractivity contribution in [1.82, 2.24) is 0 Å². The zero-order valence-electron chi connectivity index (χ0n) is 13.1. The van der Waals surface area contributed by atoms with E-state index in [1.54, 1.807) is 12.1 Å². The zero-order valence-corrected chi connectivity index (χ0v) is 13.1. The van der Waals surface area contributed by atoms with Crippen molar-refractivity contribution in [2.24, 2.45) is 0 Å². The zero-order chi connectivity index (χ0) is 16.8. The highest BCUT2D eigenvalue weighted by molar-refractivity contribution is 5.68. The normalized spacial score (nSPS) is 9.87. The minimum atomic E-state index is -0.379. The van der Waals surface area contributed by atoms with Gasteiger partial charge < -0.3 is 19.5 Å². The van der Waals surface area contributed by atoms with Gasteiger partial charge in [-0.25, -0.2) is 4.39 Å². The number of nitrogens with one attached hydrogen (secondary N) is 1. The van der Waals surface area contributed by atoms with Gasteiger partial charge in [-0.05, 0) is 30.3 Å². The van der Waals surface area contributed by atoms with Gasteiger partial charge in [0.2, 0.25) is 5.75 Å². The fraction of sp³-hybridized carbons (Fsp3) is 0.235. The molecular formula is C17H17FN2O3. The van der Waals surface area contributed by atoms with E-state index in [9.17, 15) is 4.39 Å². The van der Waals surface area contributed by atoms with Crippen molar-refractivity contribution in [2.75, 3.05) is 26.6 Å². The van der Waals surface area contributed by atoms with E-state index < -0.39 is 0 Å². The molecule has 2 aromatic rings. The molecule has 0 atom stereocenters. The molecule has 0 amide bonds. The minimum Gasteiger partial charge on any atom is -0.493 e. The van der Waals surface area contributed by atoms with Crippen molar-refractivity contribution in [1.29, 1.82) is 5.26 Å². The predicted molar refractivity (Wildman–Crippen MR) is 84.5 cm³/mol. The van der Waals surface area contributed by atoms with Crippen LogP contribution < -0.4 is 19.5 Å². The Kier molecular flexibility index (Phi) is 5.26. The molecule has 2 aromatic carbocycles. The van der Waals surface area contributed by atoms with Crippen molar-refractivity contribution in [3.05, 3.63) is 47.3 Å². The summed E-state index contributed by atoms with van der Waals surface area (Å²) in [4.78, 5) is 0. The fourth-order valence-electron chi connectivity index (χ4n) is 2.21. The third-order valence-electron chi connectivity index (χ3n) is 3.35. The van der Waals surface area contributed by atoms with Crippen LogP contribution in [0.4, 0.5) is 10.1 Å². The number of hydrogen-bond acceptors (Lipinski definition) is 5. The van der Waals surface area contributed by atoms with Crippen LogP contribution in [-0.4, -0.2) is 21.3 Å². The Morgan fingerprint density at radius 2 is 1.78 bits per heavy atom. The number of benzene rings is 2. The minimum absolute atomic E-state index is 0.202. The summed E-state index contributed by atoms with van der Waals surface area (Å²) in [6, 6.07) is 9.71. The Balaban J connectivity index is 2.29. The Morgan fingerprint density at radius 1 is 1.04 bits per heavy atom. The molecule has 0 aliphatic carbocycles. The smallest absolute Gasteiger partial charge is 0.205 e. The first kappa shape index (κ1) is 16.4. The van der Waals surface area contributed by atoms with Crippen LogP contribution in [0.3, 0.4) is 0 Å². The van der Waals surface area contributed by atoms with Crippen LogP contribution in [0.5, 0.6) is 17.2 Å². The molecule has 0 fully saturated rings. The quantitative estimate of drug-likeness (QED) is 0.885. The van der Waals surface area contributed by atoms with Gasteiger partial charge >= 0.3 is 0 Å². The van der Waals surface area contributed by atoms with E-state index in [1.165, 1.54) is 39.5 Å². The number of ether oxygens (including phenoxy) is 3.